The maximum absolute atomic E-state index is 7.10. The van der Waals surface area contributed by atoms with Crippen LogP contribution >= 0.6 is 0 Å². The number of nitrogens with zero attached hydrogens (tertiary/aromatic N) is 7. The summed E-state index contributed by atoms with van der Waals surface area (Å²) in [7, 11) is 2.12. The third-order valence-corrected chi connectivity index (χ3v) is 11.4. The van der Waals surface area contributed by atoms with E-state index in [-0.39, 0.29) is 5.41 Å². The SMILES string of the molecule is Cc1ccc(-c2nc(-c3ccc(C)cc3)nc(-c3cc4c5cc(C(C)(C)C)ccc5n(-c5ccccn5)c4cc3Oc3cccc(N4CN(C)c5ccccc54)c3)n2)cc1. The molecule has 8 nitrogen and oxygen atoms in total. The Hall–Kier alpha value is -7.32. The summed E-state index contributed by atoms with van der Waals surface area (Å²) in [6.45, 7) is 11.7. The van der Waals surface area contributed by atoms with Crippen LogP contribution in [0.3, 0.4) is 0 Å². The molecule has 1 aliphatic heterocycles. The fraction of sp³-hybridized carbons (Fsp3) is 0.154. The van der Waals surface area contributed by atoms with E-state index in [4.69, 9.17) is 24.7 Å². The number of benzene rings is 6. The molecule has 6 aromatic carbocycles. The van der Waals surface area contributed by atoms with Crippen molar-refractivity contribution in [3.8, 4) is 51.5 Å². The Kier molecular flexibility index (Phi) is 8.94. The number of rotatable bonds is 7. The van der Waals surface area contributed by atoms with Gasteiger partial charge >= 0.3 is 0 Å². The zero-order chi connectivity index (χ0) is 41.1. The molecule has 0 saturated heterocycles. The minimum absolute atomic E-state index is 0.0603. The number of para-hydroxylation sites is 2. The van der Waals surface area contributed by atoms with Gasteiger partial charge in [-0.25, -0.2) is 19.9 Å². The number of ether oxygens (including phenoxy) is 1. The first kappa shape index (κ1) is 37.0. The number of hydrogen-bond acceptors (Lipinski definition) is 7. The van der Waals surface area contributed by atoms with Crippen LogP contribution in [0, 0.1) is 13.8 Å². The monoisotopic (exact) mass is 783 g/mol. The molecule has 0 bridgehead atoms. The van der Waals surface area contributed by atoms with Gasteiger partial charge in [-0.3, -0.25) is 4.57 Å². The van der Waals surface area contributed by atoms with Gasteiger partial charge in [0, 0.05) is 53.0 Å². The molecule has 8 heteroatoms. The van der Waals surface area contributed by atoms with Crippen molar-refractivity contribution >= 4 is 38.9 Å². The summed E-state index contributed by atoms with van der Waals surface area (Å²) < 4.78 is 9.33. The van der Waals surface area contributed by atoms with Crippen LogP contribution in [0.2, 0.25) is 0 Å². The van der Waals surface area contributed by atoms with E-state index >= 15 is 0 Å². The van der Waals surface area contributed by atoms with E-state index in [0.29, 0.717) is 29.0 Å². The fourth-order valence-corrected chi connectivity index (χ4v) is 8.11. The van der Waals surface area contributed by atoms with Crippen molar-refractivity contribution in [1.82, 2.24) is 24.5 Å². The largest absolute Gasteiger partial charge is 0.456 e. The highest BCUT2D eigenvalue weighted by atomic mass is 16.5. The Labute approximate surface area is 350 Å². The summed E-state index contributed by atoms with van der Waals surface area (Å²) in [6.07, 6.45) is 1.84. The molecule has 4 heterocycles. The summed E-state index contributed by atoms with van der Waals surface area (Å²) in [4.78, 5) is 25.0. The van der Waals surface area contributed by atoms with E-state index in [1.165, 1.54) is 11.3 Å². The summed E-state index contributed by atoms with van der Waals surface area (Å²) in [5.41, 5.74) is 11.5. The summed E-state index contributed by atoms with van der Waals surface area (Å²) in [5, 5.41) is 2.16. The minimum atomic E-state index is -0.0603. The average Bonchev–Trinajstić information content (AvgIpc) is 3.77. The van der Waals surface area contributed by atoms with Crippen LogP contribution in [-0.2, 0) is 5.41 Å². The van der Waals surface area contributed by atoms with E-state index in [2.05, 4.69) is 177 Å². The number of aryl methyl sites for hydroxylation is 2. The van der Waals surface area contributed by atoms with Crippen LogP contribution in [0.25, 0.3) is 61.8 Å². The smallest absolute Gasteiger partial charge is 0.167 e. The molecule has 1 aliphatic rings. The third-order valence-electron chi connectivity index (χ3n) is 11.4. The quantitative estimate of drug-likeness (QED) is 0.159. The highest BCUT2D eigenvalue weighted by Gasteiger charge is 2.26. The second kappa shape index (κ2) is 14.5. The van der Waals surface area contributed by atoms with Crippen molar-refractivity contribution in [2.24, 2.45) is 0 Å². The van der Waals surface area contributed by atoms with Gasteiger partial charge in [0.05, 0.1) is 34.6 Å². The molecule has 0 atom stereocenters. The van der Waals surface area contributed by atoms with Gasteiger partial charge < -0.3 is 14.5 Å². The van der Waals surface area contributed by atoms with E-state index in [1.54, 1.807) is 0 Å². The molecule has 294 valence electrons. The first-order valence-corrected chi connectivity index (χ1v) is 20.4. The molecular weight excluding hydrogens is 739 g/mol. The maximum atomic E-state index is 7.10. The molecule has 0 fully saturated rings. The molecule has 0 saturated carbocycles. The molecule has 0 N–H and O–H groups in total. The van der Waals surface area contributed by atoms with Gasteiger partial charge in [-0.05, 0) is 79.4 Å². The molecule has 10 rings (SSSR count). The lowest BCUT2D eigenvalue weighted by Crippen LogP contribution is -2.23. The van der Waals surface area contributed by atoms with E-state index in [9.17, 15) is 0 Å². The average molecular weight is 784 g/mol. The molecule has 0 spiro atoms. The number of anilines is 3. The zero-order valence-corrected chi connectivity index (χ0v) is 34.7. The van der Waals surface area contributed by atoms with Gasteiger partial charge in [-0.1, -0.05) is 111 Å². The lowest BCUT2D eigenvalue weighted by Gasteiger charge is -2.20. The van der Waals surface area contributed by atoms with Gasteiger partial charge in [-0.2, -0.15) is 0 Å². The van der Waals surface area contributed by atoms with Crippen molar-refractivity contribution in [2.75, 3.05) is 23.5 Å². The van der Waals surface area contributed by atoms with Crippen LogP contribution in [0.15, 0.2) is 152 Å². The standard InChI is InChI=1S/C52H45N7O/c1-33-17-21-35(22-18-33)49-54-50(36-23-19-34(2)20-24-36)56-51(55-49)42-30-41-40-28-37(52(3,4)5)25-26-43(40)59(48-16-9-10-27-53-48)46(41)31-47(42)60-39-13-11-12-38(29-39)58-32-57(6)44-14-7-8-15-45(44)58/h7-31H,32H2,1-6H3. The van der Waals surface area contributed by atoms with Gasteiger partial charge in [0.25, 0.3) is 0 Å². The number of aromatic nitrogens is 5. The predicted octanol–water partition coefficient (Wildman–Crippen LogP) is 12.6. The second-order valence-corrected chi connectivity index (χ2v) is 16.8. The molecule has 0 aliphatic carbocycles. The van der Waals surface area contributed by atoms with Crippen LogP contribution in [0.1, 0.15) is 37.5 Å². The summed E-state index contributed by atoms with van der Waals surface area (Å²) in [6, 6.07) is 50.6. The third kappa shape index (κ3) is 6.70. The summed E-state index contributed by atoms with van der Waals surface area (Å²) >= 11 is 0. The van der Waals surface area contributed by atoms with Gasteiger partial charge in [-0.15, -0.1) is 0 Å². The topological polar surface area (TPSA) is 72.2 Å². The van der Waals surface area contributed by atoms with Gasteiger partial charge in [0.2, 0.25) is 0 Å². The predicted molar refractivity (Wildman–Crippen MR) is 245 cm³/mol. The molecule has 3 aromatic heterocycles. The molecule has 0 amide bonds. The van der Waals surface area contributed by atoms with E-state index in [1.807, 2.05) is 30.5 Å². The van der Waals surface area contributed by atoms with Crippen molar-refractivity contribution in [3.05, 3.63) is 168 Å². The number of pyridine rings is 1. The highest BCUT2D eigenvalue weighted by Crippen LogP contribution is 2.44. The van der Waals surface area contributed by atoms with Crippen LogP contribution in [-0.4, -0.2) is 38.2 Å². The first-order chi connectivity index (χ1) is 29.1. The Balaban J connectivity index is 1.23. The van der Waals surface area contributed by atoms with Crippen LogP contribution in [0.5, 0.6) is 11.5 Å². The van der Waals surface area contributed by atoms with Crippen molar-refractivity contribution in [3.63, 3.8) is 0 Å². The van der Waals surface area contributed by atoms with E-state index < -0.39 is 0 Å². The van der Waals surface area contributed by atoms with Crippen molar-refractivity contribution in [2.45, 2.75) is 40.0 Å². The molecule has 0 radical (unpaired) electrons. The Morgan fingerprint density at radius 1 is 0.583 bits per heavy atom. The first-order valence-electron chi connectivity index (χ1n) is 20.4. The molecular formula is C52H45N7O. The molecule has 0 unspecified atom stereocenters. The Bertz CT molecular complexity index is 2990. The second-order valence-electron chi connectivity index (χ2n) is 16.8. The highest BCUT2D eigenvalue weighted by molar-refractivity contribution is 6.11. The molecule has 60 heavy (non-hydrogen) atoms. The van der Waals surface area contributed by atoms with Crippen molar-refractivity contribution < 1.29 is 4.74 Å². The van der Waals surface area contributed by atoms with Crippen molar-refractivity contribution in [1.29, 1.82) is 0 Å². The normalized spacial score (nSPS) is 12.7. The Morgan fingerprint density at radius 2 is 1.23 bits per heavy atom. The maximum Gasteiger partial charge on any atom is 0.167 e. The molecule has 9 aromatic rings. The van der Waals surface area contributed by atoms with E-state index in [0.717, 1.165) is 73.5 Å². The summed E-state index contributed by atoms with van der Waals surface area (Å²) in [5.74, 6) is 3.83. The van der Waals surface area contributed by atoms with Crippen LogP contribution in [0.4, 0.5) is 17.1 Å². The lowest BCUT2D eigenvalue weighted by atomic mass is 9.86. The van der Waals surface area contributed by atoms with Gasteiger partial charge in [0.1, 0.15) is 17.3 Å². The minimum Gasteiger partial charge on any atom is -0.456 e. The fourth-order valence-electron chi connectivity index (χ4n) is 8.11. The number of hydrogen-bond donors (Lipinski definition) is 0. The van der Waals surface area contributed by atoms with Crippen LogP contribution < -0.4 is 14.5 Å². The lowest BCUT2D eigenvalue weighted by molar-refractivity contribution is 0.484. The number of fused-ring (bicyclic) bond motifs is 4. The zero-order valence-electron chi connectivity index (χ0n) is 34.7. The van der Waals surface area contributed by atoms with Gasteiger partial charge in [0.15, 0.2) is 17.5 Å². The Morgan fingerprint density at radius 3 is 1.90 bits per heavy atom.